The van der Waals surface area contributed by atoms with Gasteiger partial charge in [-0.25, -0.2) is 4.98 Å². The Morgan fingerprint density at radius 2 is 2.00 bits per heavy atom. The average Bonchev–Trinajstić information content (AvgIpc) is 2.73. The lowest BCUT2D eigenvalue weighted by Crippen LogP contribution is -1.97. The van der Waals surface area contributed by atoms with Crippen LogP contribution in [0, 0.1) is 6.92 Å². The van der Waals surface area contributed by atoms with Crippen molar-refractivity contribution in [2.24, 2.45) is 12.0 Å². The molecule has 0 unspecified atom stereocenters. The van der Waals surface area contributed by atoms with E-state index in [1.54, 1.807) is 6.20 Å². The summed E-state index contributed by atoms with van der Waals surface area (Å²) < 4.78 is 1.95. The van der Waals surface area contributed by atoms with Crippen LogP contribution in [-0.2, 0) is 7.05 Å². The van der Waals surface area contributed by atoms with Crippen LogP contribution in [0.4, 0.5) is 0 Å². The Morgan fingerprint density at radius 3 is 2.59 bits per heavy atom. The molecular formula is C14H17N3. The second-order valence-corrected chi connectivity index (χ2v) is 4.26. The zero-order chi connectivity index (χ0) is 12.3. The summed E-state index contributed by atoms with van der Waals surface area (Å²) in [6, 6.07) is 8.63. The van der Waals surface area contributed by atoms with Crippen molar-refractivity contribution >= 4 is 6.21 Å². The van der Waals surface area contributed by atoms with Gasteiger partial charge in [0.2, 0.25) is 0 Å². The van der Waals surface area contributed by atoms with Gasteiger partial charge in [0.1, 0.15) is 5.82 Å². The van der Waals surface area contributed by atoms with Crippen LogP contribution in [0.15, 0.2) is 41.7 Å². The van der Waals surface area contributed by atoms with Crippen LogP contribution in [-0.4, -0.2) is 15.8 Å². The van der Waals surface area contributed by atoms with Crippen molar-refractivity contribution in [3.05, 3.63) is 53.6 Å². The van der Waals surface area contributed by atoms with Crippen LogP contribution in [0.2, 0.25) is 0 Å². The minimum Gasteiger partial charge on any atom is -0.333 e. The van der Waals surface area contributed by atoms with Crippen molar-refractivity contribution in [3.8, 4) is 0 Å². The molecule has 0 aliphatic carbocycles. The lowest BCUT2D eigenvalue weighted by atomic mass is 10.1. The van der Waals surface area contributed by atoms with Crippen LogP contribution >= 0.6 is 0 Å². The number of aryl methyl sites for hydroxylation is 2. The van der Waals surface area contributed by atoms with Gasteiger partial charge >= 0.3 is 0 Å². The number of aromatic nitrogens is 2. The zero-order valence-electron chi connectivity index (χ0n) is 10.5. The largest absolute Gasteiger partial charge is 0.333 e. The normalized spacial score (nSPS) is 13.1. The van der Waals surface area contributed by atoms with E-state index in [1.165, 1.54) is 11.1 Å². The summed E-state index contributed by atoms with van der Waals surface area (Å²) >= 11 is 0. The van der Waals surface area contributed by atoms with E-state index in [9.17, 15) is 0 Å². The van der Waals surface area contributed by atoms with E-state index in [4.69, 9.17) is 0 Å². The Balaban J connectivity index is 2.11. The van der Waals surface area contributed by atoms with Gasteiger partial charge in [0, 0.05) is 19.4 Å². The van der Waals surface area contributed by atoms with Crippen molar-refractivity contribution < 1.29 is 0 Å². The Bertz CT molecular complexity index is 509. The van der Waals surface area contributed by atoms with E-state index in [2.05, 4.69) is 48.1 Å². The first kappa shape index (κ1) is 11.6. The van der Waals surface area contributed by atoms with E-state index in [-0.39, 0.29) is 6.04 Å². The smallest absolute Gasteiger partial charge is 0.150 e. The lowest BCUT2D eigenvalue weighted by molar-refractivity contribution is 0.818. The third-order valence-electron chi connectivity index (χ3n) is 2.83. The highest BCUT2D eigenvalue weighted by molar-refractivity contribution is 5.74. The highest BCUT2D eigenvalue weighted by Gasteiger charge is 2.02. The summed E-state index contributed by atoms with van der Waals surface area (Å²) in [5.41, 5.74) is 2.50. The molecule has 1 heterocycles. The first-order valence-electron chi connectivity index (χ1n) is 5.74. The van der Waals surface area contributed by atoms with Crippen LogP contribution in [0.25, 0.3) is 0 Å². The van der Waals surface area contributed by atoms with Crippen LogP contribution in [0.1, 0.15) is 29.9 Å². The summed E-state index contributed by atoms with van der Waals surface area (Å²) in [6.07, 6.45) is 5.51. The number of rotatable bonds is 3. The first-order valence-corrected chi connectivity index (χ1v) is 5.74. The molecule has 88 valence electrons. The van der Waals surface area contributed by atoms with Crippen LogP contribution < -0.4 is 0 Å². The standard InChI is InChI=1S/C14H17N3/c1-11-4-6-13(7-5-11)12(2)16-10-14-15-8-9-17(14)3/h4-10,12H,1-3H3/t12-/m1/s1. The van der Waals surface area contributed by atoms with E-state index in [0.29, 0.717) is 0 Å². The van der Waals surface area contributed by atoms with E-state index < -0.39 is 0 Å². The van der Waals surface area contributed by atoms with Gasteiger partial charge in [-0.15, -0.1) is 0 Å². The molecule has 1 atom stereocenters. The summed E-state index contributed by atoms with van der Waals surface area (Å²) in [4.78, 5) is 8.73. The fourth-order valence-corrected chi connectivity index (χ4v) is 1.61. The fraction of sp³-hybridized carbons (Fsp3) is 0.286. The Morgan fingerprint density at radius 1 is 1.29 bits per heavy atom. The molecule has 2 rings (SSSR count). The quantitative estimate of drug-likeness (QED) is 0.741. The molecule has 17 heavy (non-hydrogen) atoms. The van der Waals surface area contributed by atoms with Crippen molar-refractivity contribution in [1.82, 2.24) is 9.55 Å². The minimum absolute atomic E-state index is 0.160. The predicted molar refractivity (Wildman–Crippen MR) is 70.4 cm³/mol. The van der Waals surface area contributed by atoms with Gasteiger partial charge in [-0.3, -0.25) is 4.99 Å². The number of hydrogen-bond donors (Lipinski definition) is 0. The molecule has 0 bridgehead atoms. The number of nitrogens with zero attached hydrogens (tertiary/aromatic N) is 3. The van der Waals surface area contributed by atoms with Crippen LogP contribution in [0.3, 0.4) is 0 Å². The number of aliphatic imine (C=N–C) groups is 1. The van der Waals surface area contributed by atoms with Gasteiger partial charge in [0.05, 0.1) is 12.3 Å². The molecule has 0 radical (unpaired) electrons. The molecule has 0 N–H and O–H groups in total. The molecule has 3 nitrogen and oxygen atoms in total. The third kappa shape index (κ3) is 2.81. The van der Waals surface area contributed by atoms with Gasteiger partial charge in [0.15, 0.2) is 0 Å². The van der Waals surface area contributed by atoms with Crippen molar-refractivity contribution in [3.63, 3.8) is 0 Å². The van der Waals surface area contributed by atoms with E-state index >= 15 is 0 Å². The van der Waals surface area contributed by atoms with E-state index in [0.717, 1.165) is 5.82 Å². The Labute approximate surface area is 102 Å². The summed E-state index contributed by atoms with van der Waals surface area (Å²) in [5.74, 6) is 0.879. The highest BCUT2D eigenvalue weighted by atomic mass is 15.0. The molecule has 0 spiro atoms. The second kappa shape index (κ2) is 4.95. The molecule has 1 aromatic carbocycles. The fourth-order valence-electron chi connectivity index (χ4n) is 1.61. The highest BCUT2D eigenvalue weighted by Crippen LogP contribution is 2.16. The maximum Gasteiger partial charge on any atom is 0.150 e. The number of imidazole rings is 1. The molecule has 0 amide bonds. The van der Waals surface area contributed by atoms with Gasteiger partial charge in [-0.05, 0) is 19.4 Å². The molecule has 0 saturated carbocycles. The maximum absolute atomic E-state index is 4.52. The topological polar surface area (TPSA) is 30.2 Å². The SMILES string of the molecule is Cc1ccc([C@@H](C)N=Cc2nccn2C)cc1. The number of benzene rings is 1. The molecule has 0 fully saturated rings. The molecule has 1 aromatic heterocycles. The van der Waals surface area contributed by atoms with Crippen LogP contribution in [0.5, 0.6) is 0 Å². The van der Waals surface area contributed by atoms with Gasteiger partial charge < -0.3 is 4.57 Å². The second-order valence-electron chi connectivity index (χ2n) is 4.26. The Hall–Kier alpha value is -1.90. The van der Waals surface area contributed by atoms with Crippen molar-refractivity contribution in [1.29, 1.82) is 0 Å². The minimum atomic E-state index is 0.160. The van der Waals surface area contributed by atoms with Gasteiger partial charge in [-0.2, -0.15) is 0 Å². The number of hydrogen-bond acceptors (Lipinski definition) is 2. The van der Waals surface area contributed by atoms with Crippen molar-refractivity contribution in [2.75, 3.05) is 0 Å². The molecule has 0 saturated heterocycles. The predicted octanol–water partition coefficient (Wildman–Crippen LogP) is 2.91. The first-order chi connectivity index (χ1) is 8.16. The average molecular weight is 227 g/mol. The van der Waals surface area contributed by atoms with E-state index in [1.807, 2.05) is 24.0 Å². The summed E-state index contributed by atoms with van der Waals surface area (Å²) in [6.45, 7) is 4.18. The van der Waals surface area contributed by atoms with Gasteiger partial charge in [0.25, 0.3) is 0 Å². The molecule has 0 aliphatic heterocycles. The van der Waals surface area contributed by atoms with Gasteiger partial charge in [-0.1, -0.05) is 29.8 Å². The molecule has 3 heteroatoms. The molecular weight excluding hydrogens is 210 g/mol. The maximum atomic E-state index is 4.52. The monoisotopic (exact) mass is 227 g/mol. The molecule has 0 aliphatic rings. The zero-order valence-corrected chi connectivity index (χ0v) is 10.5. The summed E-state index contributed by atoms with van der Waals surface area (Å²) in [7, 11) is 1.96. The van der Waals surface area contributed by atoms with Crippen molar-refractivity contribution in [2.45, 2.75) is 19.9 Å². The third-order valence-corrected chi connectivity index (χ3v) is 2.83. The molecule has 2 aromatic rings. The Kier molecular flexibility index (Phi) is 3.38. The summed E-state index contributed by atoms with van der Waals surface area (Å²) in [5, 5.41) is 0. The lowest BCUT2D eigenvalue weighted by Gasteiger charge is -2.06.